The number of esters is 1. The summed E-state index contributed by atoms with van der Waals surface area (Å²) in [6.07, 6.45) is 1.52. The Morgan fingerprint density at radius 1 is 1.67 bits per heavy atom. The zero-order chi connectivity index (χ0) is 11.3. The molecule has 4 nitrogen and oxygen atoms in total. The predicted octanol–water partition coefficient (Wildman–Crippen LogP) is 0.887. The molecule has 1 aromatic rings. The van der Waals surface area contributed by atoms with Crippen LogP contribution in [0, 0.1) is 18.8 Å². The van der Waals surface area contributed by atoms with Crippen LogP contribution < -0.4 is 5.73 Å². The molecular weight excluding hydrogens is 192 g/mol. The lowest BCUT2D eigenvalue weighted by Crippen LogP contribution is -2.00. The minimum atomic E-state index is -0.535. The summed E-state index contributed by atoms with van der Waals surface area (Å²) in [6.45, 7) is 3.89. The summed E-state index contributed by atoms with van der Waals surface area (Å²) in [4.78, 5) is 14.9. The number of hydrogen-bond acceptors (Lipinski definition) is 4. The Bertz CT molecular complexity index is 430. The molecule has 0 saturated heterocycles. The molecule has 15 heavy (non-hydrogen) atoms. The highest BCUT2D eigenvalue weighted by atomic mass is 16.5. The van der Waals surface area contributed by atoms with Gasteiger partial charge in [-0.05, 0) is 25.5 Å². The summed E-state index contributed by atoms with van der Waals surface area (Å²) < 4.78 is 4.66. The van der Waals surface area contributed by atoms with Crippen LogP contribution in [0.25, 0.3) is 0 Å². The Hall–Kier alpha value is -2.02. The smallest absolute Gasteiger partial charge is 0.384 e. The molecule has 0 bridgehead atoms. The second-order valence-electron chi connectivity index (χ2n) is 2.90. The summed E-state index contributed by atoms with van der Waals surface area (Å²) in [6, 6.07) is 1.77. The van der Waals surface area contributed by atoms with Gasteiger partial charge in [-0.3, -0.25) is 0 Å². The zero-order valence-electron chi connectivity index (χ0n) is 8.70. The first-order valence-electron chi connectivity index (χ1n) is 4.54. The van der Waals surface area contributed by atoms with Crippen LogP contribution in [0.2, 0.25) is 0 Å². The molecule has 1 heterocycles. The van der Waals surface area contributed by atoms with Gasteiger partial charge in [0, 0.05) is 17.7 Å². The molecule has 0 atom stereocenters. The highest BCUT2D eigenvalue weighted by Crippen LogP contribution is 2.07. The van der Waals surface area contributed by atoms with E-state index in [0.29, 0.717) is 18.0 Å². The molecule has 1 aromatic heterocycles. The monoisotopic (exact) mass is 204 g/mol. The summed E-state index contributed by atoms with van der Waals surface area (Å²) in [5.74, 6) is 4.94. The van der Waals surface area contributed by atoms with Gasteiger partial charge in [0.1, 0.15) is 5.82 Å². The van der Waals surface area contributed by atoms with Gasteiger partial charge in [0.05, 0.1) is 6.61 Å². The Kier molecular flexibility index (Phi) is 3.69. The fourth-order valence-electron chi connectivity index (χ4n) is 0.944. The highest BCUT2D eigenvalue weighted by Gasteiger charge is 1.96. The van der Waals surface area contributed by atoms with Crippen molar-refractivity contribution in [2.75, 3.05) is 12.3 Å². The maximum Gasteiger partial charge on any atom is 0.384 e. The molecule has 2 N–H and O–H groups in total. The molecule has 0 aliphatic carbocycles. The van der Waals surface area contributed by atoms with Gasteiger partial charge in [-0.2, -0.15) is 0 Å². The number of aryl methyl sites for hydroxylation is 1. The van der Waals surface area contributed by atoms with E-state index in [1.165, 1.54) is 6.20 Å². The predicted molar refractivity (Wildman–Crippen MR) is 56.9 cm³/mol. The number of carbonyl (C=O) groups is 1. The van der Waals surface area contributed by atoms with Crippen molar-refractivity contribution < 1.29 is 9.53 Å². The molecular formula is C11H12N2O2. The molecule has 1 rings (SSSR count). The van der Waals surface area contributed by atoms with Crippen molar-refractivity contribution in [2.45, 2.75) is 13.8 Å². The van der Waals surface area contributed by atoms with Crippen molar-refractivity contribution in [3.8, 4) is 11.8 Å². The fourth-order valence-corrected chi connectivity index (χ4v) is 0.944. The molecule has 0 aliphatic heterocycles. The van der Waals surface area contributed by atoms with Gasteiger partial charge in [-0.1, -0.05) is 5.92 Å². The Labute approximate surface area is 88.5 Å². The second-order valence-corrected chi connectivity index (χ2v) is 2.90. The number of carbonyl (C=O) groups excluding carboxylic acids is 1. The van der Waals surface area contributed by atoms with Gasteiger partial charge in [0.25, 0.3) is 0 Å². The zero-order valence-corrected chi connectivity index (χ0v) is 8.70. The number of anilines is 1. The molecule has 0 amide bonds. The lowest BCUT2D eigenvalue weighted by Gasteiger charge is -1.97. The molecule has 0 unspecified atom stereocenters. The lowest BCUT2D eigenvalue weighted by atomic mass is 10.2. The molecule has 78 valence electrons. The highest BCUT2D eigenvalue weighted by molar-refractivity contribution is 5.89. The van der Waals surface area contributed by atoms with E-state index in [-0.39, 0.29) is 0 Å². The molecule has 0 aliphatic rings. The van der Waals surface area contributed by atoms with E-state index < -0.39 is 5.97 Å². The largest absolute Gasteiger partial charge is 0.456 e. The van der Waals surface area contributed by atoms with Crippen molar-refractivity contribution in [1.82, 2.24) is 4.98 Å². The average molecular weight is 204 g/mol. The number of nitrogens with two attached hydrogens (primary N) is 1. The van der Waals surface area contributed by atoms with Crippen molar-refractivity contribution in [1.29, 1.82) is 0 Å². The number of pyridine rings is 1. The Morgan fingerprint density at radius 3 is 3.00 bits per heavy atom. The summed E-state index contributed by atoms with van der Waals surface area (Å²) in [5, 5.41) is 0. The van der Waals surface area contributed by atoms with Crippen LogP contribution in [0.1, 0.15) is 18.1 Å². The molecule has 0 aromatic carbocycles. The van der Waals surface area contributed by atoms with Crippen molar-refractivity contribution >= 4 is 11.8 Å². The van der Waals surface area contributed by atoms with Gasteiger partial charge >= 0.3 is 5.97 Å². The Morgan fingerprint density at radius 2 is 2.40 bits per heavy atom. The van der Waals surface area contributed by atoms with Crippen LogP contribution in [-0.4, -0.2) is 17.6 Å². The third-order valence-electron chi connectivity index (χ3n) is 1.70. The lowest BCUT2D eigenvalue weighted by molar-refractivity contribution is -0.136. The number of hydrogen-bond donors (Lipinski definition) is 1. The number of nitrogens with zero attached hydrogens (tertiary/aromatic N) is 1. The van der Waals surface area contributed by atoms with E-state index in [2.05, 4.69) is 21.6 Å². The molecule has 0 radical (unpaired) electrons. The third kappa shape index (κ3) is 3.31. The van der Waals surface area contributed by atoms with E-state index in [1.54, 1.807) is 13.0 Å². The standard InChI is InChI=1S/C11H12N2O2/c1-3-15-10(14)5-4-9-6-8(2)11(12)13-7-9/h6-7H,3H2,1-2H3,(H2,12,13). The van der Waals surface area contributed by atoms with Crippen LogP contribution >= 0.6 is 0 Å². The van der Waals surface area contributed by atoms with E-state index in [4.69, 9.17) is 5.73 Å². The maximum atomic E-state index is 10.9. The van der Waals surface area contributed by atoms with Crippen LogP contribution in [0.5, 0.6) is 0 Å². The quantitative estimate of drug-likeness (QED) is 0.545. The van der Waals surface area contributed by atoms with Gasteiger partial charge in [0.2, 0.25) is 0 Å². The van der Waals surface area contributed by atoms with Crippen LogP contribution in [0.4, 0.5) is 5.82 Å². The summed E-state index contributed by atoms with van der Waals surface area (Å²) >= 11 is 0. The number of ether oxygens (including phenoxy) is 1. The van der Waals surface area contributed by atoms with Crippen LogP contribution in [0.3, 0.4) is 0 Å². The van der Waals surface area contributed by atoms with Gasteiger partial charge in [-0.25, -0.2) is 9.78 Å². The van der Waals surface area contributed by atoms with Crippen LogP contribution in [0.15, 0.2) is 12.3 Å². The topological polar surface area (TPSA) is 65.2 Å². The molecule has 0 spiro atoms. The average Bonchev–Trinajstić information content (AvgIpc) is 2.20. The number of nitrogen functional groups attached to an aromatic ring is 1. The van der Waals surface area contributed by atoms with E-state index in [9.17, 15) is 4.79 Å². The first-order chi connectivity index (χ1) is 7.13. The first-order valence-corrected chi connectivity index (χ1v) is 4.54. The summed E-state index contributed by atoms with van der Waals surface area (Å²) in [5.41, 5.74) is 7.03. The van der Waals surface area contributed by atoms with E-state index >= 15 is 0 Å². The molecule has 0 saturated carbocycles. The first kappa shape index (κ1) is 11.1. The van der Waals surface area contributed by atoms with E-state index in [1.807, 2.05) is 6.92 Å². The minimum Gasteiger partial charge on any atom is -0.456 e. The number of aromatic nitrogens is 1. The van der Waals surface area contributed by atoms with Gasteiger partial charge in [0.15, 0.2) is 0 Å². The van der Waals surface area contributed by atoms with Crippen molar-refractivity contribution in [3.63, 3.8) is 0 Å². The van der Waals surface area contributed by atoms with Crippen molar-refractivity contribution in [3.05, 3.63) is 23.4 Å². The normalized spacial score (nSPS) is 8.93. The number of rotatable bonds is 1. The van der Waals surface area contributed by atoms with Gasteiger partial charge in [-0.15, -0.1) is 0 Å². The second kappa shape index (κ2) is 5.01. The van der Waals surface area contributed by atoms with E-state index in [0.717, 1.165) is 5.56 Å². The molecule has 0 fully saturated rings. The van der Waals surface area contributed by atoms with Crippen LogP contribution in [-0.2, 0) is 9.53 Å². The maximum absolute atomic E-state index is 10.9. The third-order valence-corrected chi connectivity index (χ3v) is 1.70. The fraction of sp³-hybridized carbons (Fsp3) is 0.273. The van der Waals surface area contributed by atoms with Crippen molar-refractivity contribution in [2.24, 2.45) is 0 Å². The SMILES string of the molecule is CCOC(=O)C#Cc1cnc(N)c(C)c1. The molecule has 4 heteroatoms. The van der Waals surface area contributed by atoms with Gasteiger partial charge < -0.3 is 10.5 Å². The Balaban J connectivity index is 2.80. The minimum absolute atomic E-state index is 0.326. The summed E-state index contributed by atoms with van der Waals surface area (Å²) in [7, 11) is 0.